The standard InChI is InChI=1S/C13H16N2O2/c1-8(2)17-13(16)10-5-4-9-6-7-15(3)12(9)11(10)14/h4-8H,14H2,1-3H3. The highest BCUT2D eigenvalue weighted by Gasteiger charge is 2.16. The Labute approximate surface area is 100.0 Å². The number of aromatic nitrogens is 1. The second-order valence-electron chi connectivity index (χ2n) is 4.35. The van der Waals surface area contributed by atoms with Crippen molar-refractivity contribution in [3.8, 4) is 0 Å². The van der Waals surface area contributed by atoms with E-state index < -0.39 is 0 Å². The molecule has 0 aliphatic heterocycles. The van der Waals surface area contributed by atoms with Crippen LogP contribution in [0.15, 0.2) is 24.4 Å². The minimum Gasteiger partial charge on any atom is -0.459 e. The van der Waals surface area contributed by atoms with Crippen LogP contribution in [0.4, 0.5) is 5.69 Å². The minimum absolute atomic E-state index is 0.147. The van der Waals surface area contributed by atoms with Gasteiger partial charge in [-0.25, -0.2) is 4.79 Å². The van der Waals surface area contributed by atoms with Gasteiger partial charge in [-0.15, -0.1) is 0 Å². The molecule has 1 aromatic heterocycles. The average molecular weight is 232 g/mol. The van der Waals surface area contributed by atoms with Crippen LogP contribution in [0, 0.1) is 0 Å². The summed E-state index contributed by atoms with van der Waals surface area (Å²) in [4.78, 5) is 11.8. The fourth-order valence-electron chi connectivity index (χ4n) is 1.88. The molecule has 4 nitrogen and oxygen atoms in total. The zero-order valence-corrected chi connectivity index (χ0v) is 10.2. The highest BCUT2D eigenvalue weighted by atomic mass is 16.5. The molecule has 0 radical (unpaired) electrons. The van der Waals surface area contributed by atoms with Crippen LogP contribution in [-0.4, -0.2) is 16.6 Å². The molecule has 0 amide bonds. The van der Waals surface area contributed by atoms with Gasteiger partial charge >= 0.3 is 5.97 Å². The van der Waals surface area contributed by atoms with Gasteiger partial charge in [-0.05, 0) is 26.0 Å². The molecule has 2 aromatic rings. The molecule has 1 heterocycles. The third kappa shape index (κ3) is 1.98. The Bertz CT molecular complexity index is 570. The van der Waals surface area contributed by atoms with Gasteiger partial charge < -0.3 is 15.0 Å². The van der Waals surface area contributed by atoms with E-state index in [0.717, 1.165) is 10.9 Å². The minimum atomic E-state index is -0.374. The van der Waals surface area contributed by atoms with Crippen molar-refractivity contribution >= 4 is 22.6 Å². The van der Waals surface area contributed by atoms with E-state index in [9.17, 15) is 4.79 Å². The maximum absolute atomic E-state index is 11.8. The maximum atomic E-state index is 11.8. The van der Waals surface area contributed by atoms with E-state index in [0.29, 0.717) is 11.3 Å². The quantitative estimate of drug-likeness (QED) is 0.638. The molecule has 0 fully saturated rings. The monoisotopic (exact) mass is 232 g/mol. The molecular formula is C13H16N2O2. The average Bonchev–Trinajstić information content (AvgIpc) is 2.60. The van der Waals surface area contributed by atoms with Crippen LogP contribution in [0.1, 0.15) is 24.2 Å². The summed E-state index contributed by atoms with van der Waals surface area (Å²) in [6, 6.07) is 5.55. The number of carbonyl (C=O) groups excluding carboxylic acids is 1. The molecule has 0 saturated heterocycles. The van der Waals surface area contributed by atoms with Gasteiger partial charge in [0.25, 0.3) is 0 Å². The van der Waals surface area contributed by atoms with Gasteiger partial charge in [0.2, 0.25) is 0 Å². The predicted octanol–water partition coefficient (Wildman–Crippen LogP) is 2.33. The van der Waals surface area contributed by atoms with E-state index in [4.69, 9.17) is 10.5 Å². The highest BCUT2D eigenvalue weighted by molar-refractivity contribution is 6.04. The van der Waals surface area contributed by atoms with Crippen molar-refractivity contribution in [1.29, 1.82) is 0 Å². The van der Waals surface area contributed by atoms with E-state index in [2.05, 4.69) is 0 Å². The van der Waals surface area contributed by atoms with Crippen LogP contribution in [-0.2, 0) is 11.8 Å². The molecule has 0 aliphatic rings. The molecular weight excluding hydrogens is 216 g/mol. The number of rotatable bonds is 2. The Morgan fingerprint density at radius 3 is 2.71 bits per heavy atom. The number of nitrogens with two attached hydrogens (primary N) is 1. The lowest BCUT2D eigenvalue weighted by Gasteiger charge is -2.11. The number of nitrogen functional groups attached to an aromatic ring is 1. The van der Waals surface area contributed by atoms with Crippen LogP contribution in [0.5, 0.6) is 0 Å². The molecule has 0 unspecified atom stereocenters. The first-order valence-electron chi connectivity index (χ1n) is 5.55. The Morgan fingerprint density at radius 1 is 1.35 bits per heavy atom. The van der Waals surface area contributed by atoms with E-state index in [1.165, 1.54) is 0 Å². The molecule has 2 N–H and O–H groups in total. The van der Waals surface area contributed by atoms with E-state index in [1.54, 1.807) is 6.07 Å². The Morgan fingerprint density at radius 2 is 2.06 bits per heavy atom. The van der Waals surface area contributed by atoms with Crippen molar-refractivity contribution in [1.82, 2.24) is 4.57 Å². The summed E-state index contributed by atoms with van der Waals surface area (Å²) in [6.45, 7) is 3.63. The first kappa shape index (κ1) is 11.5. The van der Waals surface area contributed by atoms with Gasteiger partial charge in [0.05, 0.1) is 22.9 Å². The Kier molecular flexibility index (Phi) is 2.79. The van der Waals surface area contributed by atoms with Crippen molar-refractivity contribution in [3.63, 3.8) is 0 Å². The van der Waals surface area contributed by atoms with Gasteiger partial charge in [-0.2, -0.15) is 0 Å². The molecule has 0 aliphatic carbocycles. The summed E-state index contributed by atoms with van der Waals surface area (Å²) >= 11 is 0. The fraction of sp³-hybridized carbons (Fsp3) is 0.308. The summed E-state index contributed by atoms with van der Waals surface area (Å²) in [6.07, 6.45) is 1.77. The molecule has 2 rings (SSSR count). The number of hydrogen-bond donors (Lipinski definition) is 1. The van der Waals surface area contributed by atoms with E-state index >= 15 is 0 Å². The zero-order valence-electron chi connectivity index (χ0n) is 10.2. The second-order valence-corrected chi connectivity index (χ2v) is 4.35. The molecule has 0 saturated carbocycles. The second kappa shape index (κ2) is 4.13. The summed E-state index contributed by atoms with van der Waals surface area (Å²) in [5.74, 6) is -0.374. The van der Waals surface area contributed by atoms with Crippen LogP contribution >= 0.6 is 0 Å². The summed E-state index contributed by atoms with van der Waals surface area (Å²) in [5, 5.41) is 1.02. The molecule has 90 valence electrons. The van der Waals surface area contributed by atoms with Crippen molar-refractivity contribution in [2.45, 2.75) is 20.0 Å². The number of hydrogen-bond acceptors (Lipinski definition) is 3. The molecule has 17 heavy (non-hydrogen) atoms. The number of benzene rings is 1. The first-order valence-corrected chi connectivity index (χ1v) is 5.55. The number of nitrogens with zero attached hydrogens (tertiary/aromatic N) is 1. The number of ether oxygens (including phenoxy) is 1. The largest absolute Gasteiger partial charge is 0.459 e. The molecule has 0 atom stereocenters. The van der Waals surface area contributed by atoms with Crippen LogP contribution in [0.3, 0.4) is 0 Å². The van der Waals surface area contributed by atoms with Gasteiger partial charge in [0, 0.05) is 18.6 Å². The topological polar surface area (TPSA) is 57.2 Å². The lowest BCUT2D eigenvalue weighted by Crippen LogP contribution is -2.13. The summed E-state index contributed by atoms with van der Waals surface area (Å²) in [5.41, 5.74) is 7.78. The van der Waals surface area contributed by atoms with Crippen LogP contribution in [0.2, 0.25) is 0 Å². The lowest BCUT2D eigenvalue weighted by atomic mass is 10.1. The molecule has 0 spiro atoms. The summed E-state index contributed by atoms with van der Waals surface area (Å²) in [7, 11) is 1.90. The first-order chi connectivity index (χ1) is 8.00. The number of esters is 1. The van der Waals surface area contributed by atoms with Crippen molar-refractivity contribution in [2.75, 3.05) is 5.73 Å². The normalized spacial score (nSPS) is 11.1. The predicted molar refractivity (Wildman–Crippen MR) is 67.9 cm³/mol. The number of carbonyl (C=O) groups is 1. The smallest absolute Gasteiger partial charge is 0.340 e. The molecule has 0 bridgehead atoms. The fourth-order valence-corrected chi connectivity index (χ4v) is 1.88. The number of fused-ring (bicyclic) bond motifs is 1. The zero-order chi connectivity index (χ0) is 12.6. The van der Waals surface area contributed by atoms with Gasteiger partial charge in [-0.3, -0.25) is 0 Å². The molecule has 4 heteroatoms. The van der Waals surface area contributed by atoms with Crippen LogP contribution in [0.25, 0.3) is 10.9 Å². The third-order valence-corrected chi connectivity index (χ3v) is 2.64. The number of anilines is 1. The molecule has 1 aromatic carbocycles. The lowest BCUT2D eigenvalue weighted by molar-refractivity contribution is 0.0379. The highest BCUT2D eigenvalue weighted by Crippen LogP contribution is 2.26. The van der Waals surface area contributed by atoms with Crippen molar-refractivity contribution < 1.29 is 9.53 Å². The van der Waals surface area contributed by atoms with Gasteiger partial charge in [0.15, 0.2) is 0 Å². The maximum Gasteiger partial charge on any atom is 0.340 e. The Balaban J connectivity index is 2.52. The van der Waals surface area contributed by atoms with E-state index in [-0.39, 0.29) is 12.1 Å². The SMILES string of the molecule is CC(C)OC(=O)c1ccc2ccn(C)c2c1N. The third-order valence-electron chi connectivity index (χ3n) is 2.64. The van der Waals surface area contributed by atoms with Gasteiger partial charge in [-0.1, -0.05) is 6.07 Å². The van der Waals surface area contributed by atoms with Crippen molar-refractivity contribution in [2.24, 2.45) is 7.05 Å². The van der Waals surface area contributed by atoms with Gasteiger partial charge in [0.1, 0.15) is 0 Å². The Hall–Kier alpha value is -1.97. The summed E-state index contributed by atoms with van der Waals surface area (Å²) < 4.78 is 7.05. The van der Waals surface area contributed by atoms with Crippen LogP contribution < -0.4 is 5.73 Å². The number of aryl methyl sites for hydroxylation is 1. The van der Waals surface area contributed by atoms with Crippen molar-refractivity contribution in [3.05, 3.63) is 30.0 Å². The van der Waals surface area contributed by atoms with E-state index in [1.807, 2.05) is 43.8 Å².